The van der Waals surface area contributed by atoms with E-state index in [0.29, 0.717) is 12.3 Å². The number of amides is 1. The molecule has 94 valence electrons. The van der Waals surface area contributed by atoms with Gasteiger partial charge in [0.05, 0.1) is 6.07 Å². The molecule has 1 aromatic carbocycles. The quantitative estimate of drug-likeness (QED) is 0.861. The van der Waals surface area contributed by atoms with Crippen LogP contribution in [0.4, 0.5) is 0 Å². The summed E-state index contributed by atoms with van der Waals surface area (Å²) >= 11 is 0. The van der Waals surface area contributed by atoms with Crippen molar-refractivity contribution in [1.82, 2.24) is 5.32 Å². The number of rotatable bonds is 5. The van der Waals surface area contributed by atoms with Gasteiger partial charge in [0.25, 0.3) is 0 Å². The van der Waals surface area contributed by atoms with Crippen LogP contribution in [0.5, 0.6) is 0 Å². The van der Waals surface area contributed by atoms with Crippen molar-refractivity contribution in [2.75, 3.05) is 0 Å². The first-order valence-corrected chi connectivity index (χ1v) is 6.43. The van der Waals surface area contributed by atoms with Gasteiger partial charge in [0.1, 0.15) is 6.04 Å². The van der Waals surface area contributed by atoms with Gasteiger partial charge in [-0.1, -0.05) is 29.8 Å². The lowest BCUT2D eigenvalue weighted by atomic mass is 10.1. The molecule has 0 spiro atoms. The molecule has 1 aliphatic rings. The molecule has 3 heteroatoms. The molecule has 1 fully saturated rings. The van der Waals surface area contributed by atoms with Gasteiger partial charge in [0.2, 0.25) is 5.91 Å². The molecule has 0 bridgehead atoms. The monoisotopic (exact) mass is 242 g/mol. The van der Waals surface area contributed by atoms with Gasteiger partial charge >= 0.3 is 0 Å². The van der Waals surface area contributed by atoms with Crippen molar-refractivity contribution in [3.63, 3.8) is 0 Å². The minimum Gasteiger partial charge on any atom is -0.340 e. The van der Waals surface area contributed by atoms with E-state index in [9.17, 15) is 4.79 Å². The summed E-state index contributed by atoms with van der Waals surface area (Å²) in [4.78, 5) is 11.7. The van der Waals surface area contributed by atoms with Gasteiger partial charge in [-0.25, -0.2) is 0 Å². The van der Waals surface area contributed by atoms with E-state index in [2.05, 4.69) is 17.5 Å². The molecule has 1 aromatic rings. The molecule has 1 aliphatic carbocycles. The molecule has 18 heavy (non-hydrogen) atoms. The second-order valence-electron chi connectivity index (χ2n) is 5.00. The van der Waals surface area contributed by atoms with Crippen molar-refractivity contribution in [1.29, 1.82) is 5.26 Å². The third-order valence-electron chi connectivity index (χ3n) is 3.27. The topological polar surface area (TPSA) is 52.9 Å². The van der Waals surface area contributed by atoms with Gasteiger partial charge in [-0.2, -0.15) is 5.26 Å². The predicted molar refractivity (Wildman–Crippen MR) is 69.8 cm³/mol. The van der Waals surface area contributed by atoms with E-state index in [1.807, 2.05) is 25.1 Å². The largest absolute Gasteiger partial charge is 0.340 e. The number of nitriles is 1. The summed E-state index contributed by atoms with van der Waals surface area (Å²) in [5.41, 5.74) is 2.38. The molecule has 1 saturated carbocycles. The number of hydrogen-bond donors (Lipinski definition) is 1. The zero-order chi connectivity index (χ0) is 13.0. The highest BCUT2D eigenvalue weighted by molar-refractivity contribution is 5.77. The normalized spacial score (nSPS) is 15.8. The van der Waals surface area contributed by atoms with Crippen LogP contribution in [-0.2, 0) is 11.2 Å². The van der Waals surface area contributed by atoms with Crippen LogP contribution in [0.2, 0.25) is 0 Å². The summed E-state index contributed by atoms with van der Waals surface area (Å²) in [5.74, 6) is 0.368. The van der Waals surface area contributed by atoms with E-state index in [1.54, 1.807) is 0 Å². The Kier molecular flexibility index (Phi) is 3.99. The third kappa shape index (κ3) is 3.59. The average molecular weight is 242 g/mol. The van der Waals surface area contributed by atoms with Crippen LogP contribution in [-0.4, -0.2) is 11.9 Å². The molecule has 0 radical (unpaired) electrons. The first-order chi connectivity index (χ1) is 8.69. The Morgan fingerprint density at radius 1 is 1.56 bits per heavy atom. The van der Waals surface area contributed by atoms with Crippen LogP contribution in [0.25, 0.3) is 0 Å². The molecule has 1 unspecified atom stereocenters. The van der Waals surface area contributed by atoms with E-state index in [-0.39, 0.29) is 11.9 Å². The summed E-state index contributed by atoms with van der Waals surface area (Å²) in [6.45, 7) is 2.04. The zero-order valence-electron chi connectivity index (χ0n) is 10.6. The molecule has 3 nitrogen and oxygen atoms in total. The lowest BCUT2D eigenvalue weighted by Gasteiger charge is -2.10. The minimum atomic E-state index is -0.282. The van der Waals surface area contributed by atoms with Gasteiger partial charge in [0.15, 0.2) is 0 Å². The predicted octanol–water partition coefficient (Wildman–Crippen LogP) is 2.35. The fourth-order valence-electron chi connectivity index (χ4n) is 2.06. The molecule has 0 aromatic heterocycles. The summed E-state index contributed by atoms with van der Waals surface area (Å²) in [7, 11) is 0. The van der Waals surface area contributed by atoms with Crippen molar-refractivity contribution in [3.05, 3.63) is 35.4 Å². The zero-order valence-corrected chi connectivity index (χ0v) is 10.6. The maximum atomic E-state index is 11.7. The fraction of sp³-hybridized carbons (Fsp3) is 0.467. The maximum Gasteiger partial charge on any atom is 0.221 e. The number of aryl methyl sites for hydroxylation is 2. The third-order valence-corrected chi connectivity index (χ3v) is 3.27. The van der Waals surface area contributed by atoms with Crippen molar-refractivity contribution < 1.29 is 4.79 Å². The maximum absolute atomic E-state index is 11.7. The van der Waals surface area contributed by atoms with E-state index in [4.69, 9.17) is 5.26 Å². The summed E-state index contributed by atoms with van der Waals surface area (Å²) in [6, 6.07) is 10.1. The van der Waals surface area contributed by atoms with Crippen molar-refractivity contribution in [3.8, 4) is 6.07 Å². The van der Waals surface area contributed by atoms with Gasteiger partial charge in [-0.15, -0.1) is 0 Å². The van der Waals surface area contributed by atoms with E-state index in [1.165, 1.54) is 11.1 Å². The molecule has 0 heterocycles. The standard InChI is InChI=1S/C15H18N2O/c1-11-3-2-4-12(9-11)5-8-15(18)17-14(10-16)13-6-7-13/h2-4,9,13-14H,5-8H2,1H3,(H,17,18). The summed E-state index contributed by atoms with van der Waals surface area (Å²) in [5, 5.41) is 11.8. The van der Waals surface area contributed by atoms with Crippen molar-refractivity contribution in [2.24, 2.45) is 5.92 Å². The number of carbonyl (C=O) groups is 1. The molecule has 2 rings (SSSR count). The van der Waals surface area contributed by atoms with Gasteiger partial charge in [-0.05, 0) is 37.7 Å². The molecule has 1 atom stereocenters. The molecular weight excluding hydrogens is 224 g/mol. The average Bonchev–Trinajstić information content (AvgIpc) is 3.18. The van der Waals surface area contributed by atoms with Crippen LogP contribution in [0.3, 0.4) is 0 Å². The Balaban J connectivity index is 1.79. The number of hydrogen-bond acceptors (Lipinski definition) is 2. The molecule has 1 N–H and O–H groups in total. The van der Waals surface area contributed by atoms with Crippen molar-refractivity contribution in [2.45, 2.75) is 38.6 Å². The van der Waals surface area contributed by atoms with Gasteiger partial charge in [0, 0.05) is 6.42 Å². The van der Waals surface area contributed by atoms with Gasteiger partial charge < -0.3 is 5.32 Å². The van der Waals surface area contributed by atoms with E-state index < -0.39 is 0 Å². The molecule has 1 amide bonds. The molecule has 0 saturated heterocycles. The number of benzene rings is 1. The van der Waals surface area contributed by atoms with E-state index >= 15 is 0 Å². The highest BCUT2D eigenvalue weighted by atomic mass is 16.1. The Hall–Kier alpha value is -1.82. The van der Waals surface area contributed by atoms with Crippen molar-refractivity contribution >= 4 is 5.91 Å². The Morgan fingerprint density at radius 2 is 2.33 bits per heavy atom. The van der Waals surface area contributed by atoms with Crippen LogP contribution < -0.4 is 5.32 Å². The molecule has 0 aliphatic heterocycles. The summed E-state index contributed by atoms with van der Waals surface area (Å²) < 4.78 is 0. The number of nitrogens with zero attached hydrogens (tertiary/aromatic N) is 1. The first-order valence-electron chi connectivity index (χ1n) is 6.43. The second-order valence-corrected chi connectivity index (χ2v) is 5.00. The summed E-state index contributed by atoms with van der Waals surface area (Å²) in [6.07, 6.45) is 3.32. The fourth-order valence-corrected chi connectivity index (χ4v) is 2.06. The Morgan fingerprint density at radius 3 is 2.94 bits per heavy atom. The SMILES string of the molecule is Cc1cccc(CCC(=O)NC(C#N)C2CC2)c1. The molecular formula is C15H18N2O. The highest BCUT2D eigenvalue weighted by Gasteiger charge is 2.32. The van der Waals surface area contributed by atoms with Crippen LogP contribution in [0.1, 0.15) is 30.4 Å². The number of carbonyl (C=O) groups excluding carboxylic acids is 1. The van der Waals surface area contributed by atoms with Crippen LogP contribution >= 0.6 is 0 Å². The Bertz CT molecular complexity index is 472. The smallest absolute Gasteiger partial charge is 0.221 e. The first kappa shape index (κ1) is 12.6. The number of nitrogens with one attached hydrogen (secondary N) is 1. The Labute approximate surface area is 108 Å². The lowest BCUT2D eigenvalue weighted by molar-refractivity contribution is -0.121. The lowest BCUT2D eigenvalue weighted by Crippen LogP contribution is -2.35. The highest BCUT2D eigenvalue weighted by Crippen LogP contribution is 2.32. The van der Waals surface area contributed by atoms with Crippen LogP contribution in [0, 0.1) is 24.2 Å². The van der Waals surface area contributed by atoms with Crippen LogP contribution in [0.15, 0.2) is 24.3 Å². The second kappa shape index (κ2) is 5.68. The van der Waals surface area contributed by atoms with E-state index in [0.717, 1.165) is 19.3 Å². The minimum absolute atomic E-state index is 0.0186. The van der Waals surface area contributed by atoms with Gasteiger partial charge in [-0.3, -0.25) is 4.79 Å².